The lowest BCUT2D eigenvalue weighted by atomic mass is 10.1. The van der Waals surface area contributed by atoms with Gasteiger partial charge in [0.2, 0.25) is 0 Å². The Morgan fingerprint density at radius 3 is 2.25 bits per heavy atom. The number of rotatable bonds is 7. The minimum absolute atomic E-state index is 0.136. The Hall–Kier alpha value is -2.69. The van der Waals surface area contributed by atoms with Gasteiger partial charge in [-0.15, -0.1) is 0 Å². The summed E-state index contributed by atoms with van der Waals surface area (Å²) < 4.78 is 15.8. The van der Waals surface area contributed by atoms with E-state index >= 15 is 0 Å². The van der Waals surface area contributed by atoms with Crippen molar-refractivity contribution in [1.82, 2.24) is 5.32 Å². The summed E-state index contributed by atoms with van der Waals surface area (Å²) in [5, 5.41) is 2.94. The molecule has 0 saturated carbocycles. The third-order valence-corrected chi connectivity index (χ3v) is 3.85. The molecule has 0 fully saturated rings. The summed E-state index contributed by atoms with van der Waals surface area (Å²) >= 11 is 0. The van der Waals surface area contributed by atoms with E-state index < -0.39 is 0 Å². The Bertz CT molecular complexity index is 713. The van der Waals surface area contributed by atoms with Crippen LogP contribution < -0.4 is 19.5 Å². The van der Waals surface area contributed by atoms with Gasteiger partial charge in [-0.1, -0.05) is 18.2 Å². The van der Waals surface area contributed by atoms with Gasteiger partial charge in [0.05, 0.1) is 21.3 Å². The third kappa shape index (κ3) is 3.98. The zero-order valence-corrected chi connectivity index (χ0v) is 14.5. The largest absolute Gasteiger partial charge is 0.496 e. The van der Waals surface area contributed by atoms with Crippen molar-refractivity contribution in [1.29, 1.82) is 0 Å². The molecule has 0 radical (unpaired) electrons. The Balaban J connectivity index is 2.05. The normalized spacial score (nSPS) is 10.2. The van der Waals surface area contributed by atoms with Crippen molar-refractivity contribution in [3.8, 4) is 17.2 Å². The second-order valence-corrected chi connectivity index (χ2v) is 5.34. The Morgan fingerprint density at radius 2 is 1.58 bits per heavy atom. The number of methoxy groups -OCH3 is 3. The highest BCUT2D eigenvalue weighted by Gasteiger charge is 2.14. The number of hydrogen-bond acceptors (Lipinski definition) is 4. The van der Waals surface area contributed by atoms with Crippen LogP contribution in [0.1, 0.15) is 21.5 Å². The quantitative estimate of drug-likeness (QED) is 0.848. The van der Waals surface area contributed by atoms with Gasteiger partial charge in [-0.25, -0.2) is 0 Å². The van der Waals surface area contributed by atoms with E-state index in [9.17, 15) is 4.79 Å². The molecule has 5 nitrogen and oxygen atoms in total. The molecule has 0 atom stereocenters. The maximum Gasteiger partial charge on any atom is 0.251 e. The van der Waals surface area contributed by atoms with Crippen LogP contribution in [0.3, 0.4) is 0 Å². The lowest BCUT2D eigenvalue weighted by molar-refractivity contribution is 0.0953. The zero-order chi connectivity index (χ0) is 17.5. The van der Waals surface area contributed by atoms with Crippen molar-refractivity contribution in [3.05, 3.63) is 53.1 Å². The molecule has 1 amide bonds. The number of carbonyl (C=O) groups excluding carboxylic acids is 1. The van der Waals surface area contributed by atoms with Crippen LogP contribution in [0.25, 0.3) is 0 Å². The molecule has 24 heavy (non-hydrogen) atoms. The first-order valence-electron chi connectivity index (χ1n) is 7.73. The number of nitrogens with one attached hydrogen (secondary N) is 1. The van der Waals surface area contributed by atoms with E-state index in [1.54, 1.807) is 33.5 Å². The molecule has 1 N–H and O–H groups in total. The first-order chi connectivity index (χ1) is 11.6. The number of para-hydroxylation sites is 1. The molecule has 0 aliphatic carbocycles. The van der Waals surface area contributed by atoms with E-state index in [0.717, 1.165) is 16.9 Å². The van der Waals surface area contributed by atoms with Gasteiger partial charge < -0.3 is 19.5 Å². The van der Waals surface area contributed by atoms with Gasteiger partial charge in [0, 0.05) is 12.1 Å². The molecule has 0 aliphatic heterocycles. The molecule has 2 aromatic carbocycles. The van der Waals surface area contributed by atoms with E-state index in [1.165, 1.54) is 0 Å². The average molecular weight is 329 g/mol. The van der Waals surface area contributed by atoms with Gasteiger partial charge in [-0.05, 0) is 42.7 Å². The molecule has 0 heterocycles. The summed E-state index contributed by atoms with van der Waals surface area (Å²) in [6.45, 7) is 2.39. The fraction of sp³-hybridized carbons (Fsp3) is 0.316. The van der Waals surface area contributed by atoms with Crippen LogP contribution in [0.4, 0.5) is 0 Å². The molecular formula is C19H23NO4. The molecule has 0 spiro atoms. The van der Waals surface area contributed by atoms with Crippen molar-refractivity contribution in [2.45, 2.75) is 13.3 Å². The van der Waals surface area contributed by atoms with Crippen LogP contribution in [0.15, 0.2) is 36.4 Å². The number of aryl methyl sites for hydroxylation is 1. The van der Waals surface area contributed by atoms with E-state index in [2.05, 4.69) is 5.32 Å². The number of ether oxygens (including phenoxy) is 3. The summed E-state index contributed by atoms with van der Waals surface area (Å²) in [5.74, 6) is 1.84. The minimum Gasteiger partial charge on any atom is -0.496 e. The SMILES string of the molecule is COc1ccccc1CCNC(=O)c1cc(OC)c(OC)cc1C. The monoisotopic (exact) mass is 329 g/mol. The second-order valence-electron chi connectivity index (χ2n) is 5.34. The molecule has 128 valence electrons. The second kappa shape index (κ2) is 8.24. The summed E-state index contributed by atoms with van der Waals surface area (Å²) in [6, 6.07) is 11.3. The maximum atomic E-state index is 12.4. The van der Waals surface area contributed by atoms with Crippen LogP contribution in [0.5, 0.6) is 17.2 Å². The smallest absolute Gasteiger partial charge is 0.251 e. The predicted molar refractivity (Wildman–Crippen MR) is 93.3 cm³/mol. The van der Waals surface area contributed by atoms with Crippen molar-refractivity contribution in [3.63, 3.8) is 0 Å². The van der Waals surface area contributed by atoms with Crippen LogP contribution in [0, 0.1) is 6.92 Å². The van der Waals surface area contributed by atoms with Crippen LogP contribution in [0.2, 0.25) is 0 Å². The van der Waals surface area contributed by atoms with E-state index in [0.29, 0.717) is 30.0 Å². The van der Waals surface area contributed by atoms with Gasteiger partial charge in [0.15, 0.2) is 11.5 Å². The lowest BCUT2D eigenvalue weighted by Crippen LogP contribution is -2.26. The molecule has 5 heteroatoms. The van der Waals surface area contributed by atoms with Crippen LogP contribution in [-0.2, 0) is 6.42 Å². The van der Waals surface area contributed by atoms with Gasteiger partial charge in [-0.2, -0.15) is 0 Å². The molecule has 2 rings (SSSR count). The van der Waals surface area contributed by atoms with Gasteiger partial charge in [-0.3, -0.25) is 4.79 Å². The third-order valence-electron chi connectivity index (χ3n) is 3.85. The number of amides is 1. The van der Waals surface area contributed by atoms with E-state index in [4.69, 9.17) is 14.2 Å². The predicted octanol–water partition coefficient (Wildman–Crippen LogP) is 2.99. The Morgan fingerprint density at radius 1 is 0.958 bits per heavy atom. The number of carbonyl (C=O) groups is 1. The Kier molecular flexibility index (Phi) is 6.07. The van der Waals surface area contributed by atoms with Crippen molar-refractivity contribution < 1.29 is 19.0 Å². The van der Waals surface area contributed by atoms with E-state index in [1.807, 2.05) is 31.2 Å². The maximum absolute atomic E-state index is 12.4. The number of hydrogen-bond donors (Lipinski definition) is 1. The summed E-state index contributed by atoms with van der Waals surface area (Å²) in [7, 11) is 4.77. The lowest BCUT2D eigenvalue weighted by Gasteiger charge is -2.13. The summed E-state index contributed by atoms with van der Waals surface area (Å²) in [6.07, 6.45) is 0.697. The topological polar surface area (TPSA) is 56.8 Å². The van der Waals surface area contributed by atoms with Gasteiger partial charge in [0.25, 0.3) is 5.91 Å². The van der Waals surface area contributed by atoms with Gasteiger partial charge >= 0.3 is 0 Å². The molecule has 2 aromatic rings. The van der Waals surface area contributed by atoms with Crippen LogP contribution >= 0.6 is 0 Å². The Labute approximate surface area is 142 Å². The highest BCUT2D eigenvalue weighted by molar-refractivity contribution is 5.96. The molecule has 0 saturated heterocycles. The highest BCUT2D eigenvalue weighted by Crippen LogP contribution is 2.30. The molecule has 0 unspecified atom stereocenters. The first-order valence-corrected chi connectivity index (χ1v) is 7.73. The highest BCUT2D eigenvalue weighted by atomic mass is 16.5. The van der Waals surface area contributed by atoms with E-state index in [-0.39, 0.29) is 5.91 Å². The molecular weight excluding hydrogens is 306 g/mol. The molecule has 0 aliphatic rings. The zero-order valence-electron chi connectivity index (χ0n) is 14.5. The van der Waals surface area contributed by atoms with Crippen molar-refractivity contribution in [2.75, 3.05) is 27.9 Å². The summed E-state index contributed by atoms with van der Waals surface area (Å²) in [4.78, 5) is 12.4. The fourth-order valence-corrected chi connectivity index (χ4v) is 2.54. The van der Waals surface area contributed by atoms with Crippen molar-refractivity contribution in [2.24, 2.45) is 0 Å². The number of benzene rings is 2. The fourth-order valence-electron chi connectivity index (χ4n) is 2.54. The van der Waals surface area contributed by atoms with Gasteiger partial charge in [0.1, 0.15) is 5.75 Å². The molecule has 0 aromatic heterocycles. The van der Waals surface area contributed by atoms with Crippen LogP contribution in [-0.4, -0.2) is 33.8 Å². The first kappa shape index (κ1) is 17.7. The van der Waals surface area contributed by atoms with Crippen molar-refractivity contribution >= 4 is 5.91 Å². The molecule has 0 bridgehead atoms. The summed E-state index contributed by atoms with van der Waals surface area (Å²) in [5.41, 5.74) is 2.47. The standard InChI is InChI=1S/C19H23NO4/c1-13-11-17(23-3)18(24-4)12-15(13)19(21)20-10-9-14-7-5-6-8-16(14)22-2/h5-8,11-12H,9-10H2,1-4H3,(H,20,21). The average Bonchev–Trinajstić information content (AvgIpc) is 2.61. The minimum atomic E-state index is -0.136.